The van der Waals surface area contributed by atoms with Gasteiger partial charge in [0.05, 0.1) is 5.38 Å². The highest BCUT2D eigenvalue weighted by molar-refractivity contribution is 7.07. The molecule has 1 aromatic carbocycles. The lowest BCUT2D eigenvalue weighted by atomic mass is 10.3. The van der Waals surface area contributed by atoms with E-state index in [1.165, 1.54) is 0 Å². The number of rotatable bonds is 2. The van der Waals surface area contributed by atoms with Crippen molar-refractivity contribution < 1.29 is 14.7 Å². The van der Waals surface area contributed by atoms with E-state index in [0.717, 1.165) is 0 Å². The molecular formula is C9H8NO2S+. The van der Waals surface area contributed by atoms with E-state index in [-0.39, 0.29) is 5.75 Å². The predicted molar refractivity (Wildman–Crippen MR) is 48.6 cm³/mol. The standard InChI is InChI=1S/C9H7NO2S/c11-8-1-3-9(4-2-8)12-10-5-6-13-7-10/h1-7H/p+1. The van der Waals surface area contributed by atoms with E-state index in [4.69, 9.17) is 9.94 Å². The fourth-order valence-electron chi connectivity index (χ4n) is 0.906. The summed E-state index contributed by atoms with van der Waals surface area (Å²) >= 11 is 1.55. The van der Waals surface area contributed by atoms with Crippen molar-refractivity contribution in [3.8, 4) is 11.5 Å². The van der Waals surface area contributed by atoms with Gasteiger partial charge in [0.2, 0.25) is 11.9 Å². The number of phenols is 1. The van der Waals surface area contributed by atoms with Crippen molar-refractivity contribution in [3.63, 3.8) is 0 Å². The number of hydrogen-bond acceptors (Lipinski definition) is 3. The van der Waals surface area contributed by atoms with Gasteiger partial charge in [-0.3, -0.25) is 0 Å². The molecule has 1 N–H and O–H groups in total. The summed E-state index contributed by atoms with van der Waals surface area (Å²) in [5, 5.41) is 10.9. The summed E-state index contributed by atoms with van der Waals surface area (Å²) < 4.78 is 1.61. The minimum absolute atomic E-state index is 0.239. The van der Waals surface area contributed by atoms with Crippen molar-refractivity contribution in [1.29, 1.82) is 0 Å². The molecule has 0 fully saturated rings. The fourth-order valence-corrected chi connectivity index (χ4v) is 1.40. The van der Waals surface area contributed by atoms with Crippen molar-refractivity contribution in [1.82, 2.24) is 0 Å². The van der Waals surface area contributed by atoms with Crippen LogP contribution >= 0.6 is 11.3 Å². The minimum atomic E-state index is 0.239. The maximum atomic E-state index is 9.02. The van der Waals surface area contributed by atoms with Gasteiger partial charge in [0.1, 0.15) is 5.75 Å². The Bertz CT molecular complexity index is 369. The van der Waals surface area contributed by atoms with Crippen molar-refractivity contribution in [2.45, 2.75) is 0 Å². The Balaban J connectivity index is 2.15. The Morgan fingerprint density at radius 2 is 2.00 bits per heavy atom. The summed E-state index contributed by atoms with van der Waals surface area (Å²) in [5.74, 6) is 0.934. The lowest BCUT2D eigenvalue weighted by molar-refractivity contribution is -0.871. The van der Waals surface area contributed by atoms with Gasteiger partial charge in [-0.25, -0.2) is 4.84 Å². The zero-order valence-corrected chi connectivity index (χ0v) is 7.57. The van der Waals surface area contributed by atoms with Gasteiger partial charge >= 0.3 is 0 Å². The molecule has 0 spiro atoms. The van der Waals surface area contributed by atoms with Crippen molar-refractivity contribution in [3.05, 3.63) is 41.4 Å². The zero-order valence-electron chi connectivity index (χ0n) is 6.75. The van der Waals surface area contributed by atoms with Gasteiger partial charge in [0.25, 0.3) is 5.51 Å². The number of thiazole rings is 1. The molecule has 2 rings (SSSR count). The number of hydrogen-bond donors (Lipinski definition) is 1. The Labute approximate surface area is 79.4 Å². The summed E-state index contributed by atoms with van der Waals surface area (Å²) in [4.78, 5) is 5.39. The molecule has 1 heterocycles. The van der Waals surface area contributed by atoms with Crippen LogP contribution in [0.1, 0.15) is 0 Å². The molecule has 0 bridgehead atoms. The van der Waals surface area contributed by atoms with E-state index in [2.05, 4.69) is 0 Å². The fraction of sp³-hybridized carbons (Fsp3) is 0. The lowest BCUT2D eigenvalue weighted by Crippen LogP contribution is -2.36. The first-order chi connectivity index (χ1) is 6.34. The van der Waals surface area contributed by atoms with E-state index in [1.807, 2.05) is 17.1 Å². The van der Waals surface area contributed by atoms with Gasteiger partial charge < -0.3 is 5.11 Å². The molecule has 0 saturated carbocycles. The van der Waals surface area contributed by atoms with Gasteiger partial charge in [-0.2, -0.15) is 0 Å². The number of benzene rings is 1. The molecule has 1 aromatic heterocycles. The van der Waals surface area contributed by atoms with E-state index in [0.29, 0.717) is 5.75 Å². The van der Waals surface area contributed by atoms with Crippen LogP contribution < -0.4 is 9.57 Å². The Hall–Kier alpha value is -1.55. The van der Waals surface area contributed by atoms with E-state index >= 15 is 0 Å². The number of aromatic hydroxyl groups is 1. The third kappa shape index (κ3) is 1.97. The topological polar surface area (TPSA) is 33.3 Å². The van der Waals surface area contributed by atoms with Gasteiger partial charge in [-0.05, 0) is 24.3 Å². The first-order valence-electron chi connectivity index (χ1n) is 3.75. The zero-order chi connectivity index (χ0) is 9.10. The molecule has 0 atom stereocenters. The van der Waals surface area contributed by atoms with E-state index in [1.54, 1.807) is 40.3 Å². The van der Waals surface area contributed by atoms with Gasteiger partial charge in [0, 0.05) is 4.73 Å². The number of nitrogens with zero attached hydrogens (tertiary/aromatic N) is 1. The number of phenolic OH excluding ortho intramolecular Hbond substituents is 1. The smallest absolute Gasteiger partial charge is 0.277 e. The maximum absolute atomic E-state index is 9.02. The Morgan fingerprint density at radius 1 is 1.23 bits per heavy atom. The normalized spacial score (nSPS) is 9.85. The van der Waals surface area contributed by atoms with Crippen LogP contribution in [0, 0.1) is 0 Å². The molecule has 2 aromatic rings. The summed E-state index contributed by atoms with van der Waals surface area (Å²) in [7, 11) is 0. The lowest BCUT2D eigenvalue weighted by Gasteiger charge is -1.94. The van der Waals surface area contributed by atoms with Gasteiger partial charge in [-0.1, -0.05) is 11.3 Å². The predicted octanol–water partition coefficient (Wildman–Crippen LogP) is 1.58. The molecule has 0 aliphatic carbocycles. The average Bonchev–Trinajstić information content (AvgIpc) is 2.62. The largest absolute Gasteiger partial charge is 0.508 e. The molecule has 66 valence electrons. The quantitative estimate of drug-likeness (QED) is 0.736. The average molecular weight is 194 g/mol. The molecule has 0 saturated heterocycles. The van der Waals surface area contributed by atoms with Gasteiger partial charge in [-0.15, -0.1) is 0 Å². The monoisotopic (exact) mass is 194 g/mol. The second kappa shape index (κ2) is 3.45. The Kier molecular flexibility index (Phi) is 2.14. The van der Waals surface area contributed by atoms with Crippen molar-refractivity contribution >= 4 is 11.3 Å². The van der Waals surface area contributed by atoms with Crippen LogP contribution in [0.3, 0.4) is 0 Å². The SMILES string of the molecule is Oc1ccc(O[n+]2ccsc2)cc1. The highest BCUT2D eigenvalue weighted by Gasteiger charge is 2.02. The molecule has 0 aliphatic rings. The number of aromatic nitrogens is 1. The summed E-state index contributed by atoms with van der Waals surface area (Å²) in [6.07, 6.45) is 1.82. The van der Waals surface area contributed by atoms with Crippen LogP contribution in [0.4, 0.5) is 0 Å². The Morgan fingerprint density at radius 3 is 2.62 bits per heavy atom. The molecule has 4 heteroatoms. The molecule has 0 aliphatic heterocycles. The third-order valence-corrected chi connectivity index (χ3v) is 2.11. The second-order valence-electron chi connectivity index (χ2n) is 2.47. The molecular weight excluding hydrogens is 186 g/mol. The van der Waals surface area contributed by atoms with Crippen LogP contribution in [0.2, 0.25) is 0 Å². The third-order valence-electron chi connectivity index (χ3n) is 1.50. The molecule has 3 nitrogen and oxygen atoms in total. The molecule has 13 heavy (non-hydrogen) atoms. The first kappa shape index (κ1) is 8.07. The van der Waals surface area contributed by atoms with Crippen LogP contribution in [0.15, 0.2) is 41.4 Å². The second-order valence-corrected chi connectivity index (χ2v) is 3.23. The van der Waals surface area contributed by atoms with Crippen LogP contribution in [-0.2, 0) is 0 Å². The van der Waals surface area contributed by atoms with Crippen LogP contribution in [-0.4, -0.2) is 5.11 Å². The van der Waals surface area contributed by atoms with E-state index in [9.17, 15) is 0 Å². The van der Waals surface area contributed by atoms with Gasteiger partial charge in [0.15, 0.2) is 0 Å². The van der Waals surface area contributed by atoms with Crippen LogP contribution in [0.25, 0.3) is 0 Å². The first-order valence-corrected chi connectivity index (χ1v) is 4.70. The van der Waals surface area contributed by atoms with Crippen molar-refractivity contribution in [2.24, 2.45) is 0 Å². The van der Waals surface area contributed by atoms with Crippen LogP contribution in [0.5, 0.6) is 11.5 Å². The molecule has 0 radical (unpaired) electrons. The van der Waals surface area contributed by atoms with Crippen molar-refractivity contribution in [2.75, 3.05) is 0 Å². The summed E-state index contributed by atoms with van der Waals surface area (Å²) in [6.45, 7) is 0. The maximum Gasteiger partial charge on any atom is 0.277 e. The van der Waals surface area contributed by atoms with E-state index < -0.39 is 0 Å². The molecule has 0 unspecified atom stereocenters. The highest BCUT2D eigenvalue weighted by Crippen LogP contribution is 2.14. The summed E-state index contributed by atoms with van der Waals surface area (Å²) in [5.41, 5.74) is 1.84. The molecule has 0 amide bonds. The minimum Gasteiger partial charge on any atom is -0.508 e. The highest BCUT2D eigenvalue weighted by atomic mass is 32.1. The summed E-state index contributed by atoms with van der Waals surface area (Å²) in [6, 6.07) is 6.59.